The zero-order chi connectivity index (χ0) is 11.4. The van der Waals surface area contributed by atoms with E-state index in [0.717, 1.165) is 18.5 Å². The number of nitrogens with zero attached hydrogens (tertiary/aromatic N) is 1. The van der Waals surface area contributed by atoms with E-state index in [1.54, 1.807) is 0 Å². The molecule has 1 unspecified atom stereocenters. The number of hydrogen-bond acceptors (Lipinski definition) is 4. The molecule has 4 heteroatoms. The molecule has 1 atom stereocenters. The molecule has 0 fully saturated rings. The average molecular weight is 220 g/mol. The number of rotatable bonds is 4. The first-order chi connectivity index (χ1) is 7.81. The Morgan fingerprint density at radius 3 is 3.38 bits per heavy atom. The van der Waals surface area contributed by atoms with E-state index in [1.165, 1.54) is 12.7 Å². The predicted molar refractivity (Wildman–Crippen MR) is 59.9 cm³/mol. The molecule has 1 aromatic rings. The molecular weight excluding hydrogens is 204 g/mol. The van der Waals surface area contributed by atoms with Gasteiger partial charge in [-0.05, 0) is 24.5 Å². The van der Waals surface area contributed by atoms with Crippen molar-refractivity contribution in [3.63, 3.8) is 0 Å². The highest BCUT2D eigenvalue weighted by Crippen LogP contribution is 2.28. The molecule has 1 heterocycles. The molecule has 2 rings (SSSR count). The van der Waals surface area contributed by atoms with E-state index in [1.807, 2.05) is 12.3 Å². The fraction of sp³-hybridized carbons (Fsp3) is 0.500. The van der Waals surface area contributed by atoms with Crippen LogP contribution in [-0.4, -0.2) is 24.6 Å². The van der Waals surface area contributed by atoms with Crippen LogP contribution in [0.25, 0.3) is 0 Å². The molecule has 1 N–H and O–H groups in total. The molecule has 0 saturated heterocycles. The number of aryl methyl sites for hydroxylation is 1. The minimum Gasteiger partial charge on any atom is -0.469 e. The molecule has 16 heavy (non-hydrogen) atoms. The monoisotopic (exact) mass is 220 g/mol. The number of nitrogens with one attached hydrogen (secondary N) is 1. The Balaban J connectivity index is 1.86. The Morgan fingerprint density at radius 1 is 1.69 bits per heavy atom. The molecular formula is C12H16N2O2. The van der Waals surface area contributed by atoms with Gasteiger partial charge in [0.25, 0.3) is 0 Å². The first-order valence-electron chi connectivity index (χ1n) is 5.55. The summed E-state index contributed by atoms with van der Waals surface area (Å²) in [7, 11) is 1.41. The van der Waals surface area contributed by atoms with Crippen LogP contribution in [0.5, 0.6) is 0 Å². The van der Waals surface area contributed by atoms with Gasteiger partial charge in [-0.25, -0.2) is 0 Å². The fourth-order valence-electron chi connectivity index (χ4n) is 2.06. The van der Waals surface area contributed by atoms with Crippen molar-refractivity contribution in [3.8, 4) is 0 Å². The molecule has 0 spiro atoms. The van der Waals surface area contributed by atoms with Crippen LogP contribution in [-0.2, 0) is 16.0 Å². The van der Waals surface area contributed by atoms with Crippen molar-refractivity contribution in [2.45, 2.75) is 25.3 Å². The molecule has 0 radical (unpaired) electrons. The minimum atomic E-state index is -0.174. The van der Waals surface area contributed by atoms with Gasteiger partial charge in [0, 0.05) is 12.7 Å². The van der Waals surface area contributed by atoms with E-state index in [4.69, 9.17) is 0 Å². The highest BCUT2D eigenvalue weighted by atomic mass is 16.5. The second-order valence-electron chi connectivity index (χ2n) is 3.92. The standard InChI is InChI=1S/C12H16N2O2/c1-16-11(15)6-8-13-10-5-4-9-3-2-7-14-12(9)10/h2-3,7,10,13H,4-6,8H2,1H3. The summed E-state index contributed by atoms with van der Waals surface area (Å²) in [5, 5.41) is 3.34. The number of carbonyl (C=O) groups excluding carboxylic acids is 1. The average Bonchev–Trinajstić information content (AvgIpc) is 2.73. The van der Waals surface area contributed by atoms with E-state index in [0.29, 0.717) is 19.0 Å². The molecule has 0 bridgehead atoms. The summed E-state index contributed by atoms with van der Waals surface area (Å²) in [6.07, 6.45) is 4.36. The number of methoxy groups -OCH3 is 1. The second-order valence-corrected chi connectivity index (χ2v) is 3.92. The third-order valence-corrected chi connectivity index (χ3v) is 2.91. The number of pyridine rings is 1. The first-order valence-corrected chi connectivity index (χ1v) is 5.55. The van der Waals surface area contributed by atoms with Crippen molar-refractivity contribution >= 4 is 5.97 Å². The van der Waals surface area contributed by atoms with Gasteiger partial charge < -0.3 is 10.1 Å². The molecule has 1 aromatic heterocycles. The van der Waals surface area contributed by atoms with Crippen molar-refractivity contribution in [1.82, 2.24) is 10.3 Å². The molecule has 4 nitrogen and oxygen atoms in total. The van der Waals surface area contributed by atoms with Crippen LogP contribution in [0.4, 0.5) is 0 Å². The topological polar surface area (TPSA) is 51.2 Å². The summed E-state index contributed by atoms with van der Waals surface area (Å²) < 4.78 is 4.59. The van der Waals surface area contributed by atoms with Crippen molar-refractivity contribution in [2.75, 3.05) is 13.7 Å². The molecule has 0 amide bonds. The van der Waals surface area contributed by atoms with Gasteiger partial charge in [-0.3, -0.25) is 9.78 Å². The lowest BCUT2D eigenvalue weighted by molar-refractivity contribution is -0.140. The first kappa shape index (κ1) is 11.1. The van der Waals surface area contributed by atoms with Crippen LogP contribution in [0.15, 0.2) is 18.3 Å². The zero-order valence-electron chi connectivity index (χ0n) is 9.40. The van der Waals surface area contributed by atoms with E-state index in [2.05, 4.69) is 21.1 Å². The van der Waals surface area contributed by atoms with Crippen LogP contribution in [0, 0.1) is 0 Å². The van der Waals surface area contributed by atoms with E-state index < -0.39 is 0 Å². The van der Waals surface area contributed by atoms with Gasteiger partial charge in [-0.1, -0.05) is 6.07 Å². The van der Waals surface area contributed by atoms with Gasteiger partial charge in [0.2, 0.25) is 0 Å². The Hall–Kier alpha value is -1.42. The number of ether oxygens (including phenoxy) is 1. The Morgan fingerprint density at radius 2 is 2.56 bits per heavy atom. The third kappa shape index (κ3) is 2.39. The minimum absolute atomic E-state index is 0.174. The molecule has 1 aliphatic carbocycles. The molecule has 0 saturated carbocycles. The summed E-state index contributed by atoms with van der Waals surface area (Å²) in [4.78, 5) is 15.3. The molecule has 86 valence electrons. The largest absolute Gasteiger partial charge is 0.469 e. The van der Waals surface area contributed by atoms with Gasteiger partial charge in [0.05, 0.1) is 25.3 Å². The van der Waals surface area contributed by atoms with E-state index in [-0.39, 0.29) is 5.97 Å². The zero-order valence-corrected chi connectivity index (χ0v) is 9.40. The van der Waals surface area contributed by atoms with Gasteiger partial charge in [-0.2, -0.15) is 0 Å². The van der Waals surface area contributed by atoms with Crippen molar-refractivity contribution < 1.29 is 9.53 Å². The number of carbonyl (C=O) groups is 1. The van der Waals surface area contributed by atoms with Crippen LogP contribution in [0.2, 0.25) is 0 Å². The quantitative estimate of drug-likeness (QED) is 0.775. The highest BCUT2D eigenvalue weighted by molar-refractivity contribution is 5.69. The van der Waals surface area contributed by atoms with Gasteiger partial charge in [0.15, 0.2) is 0 Å². The van der Waals surface area contributed by atoms with Crippen molar-refractivity contribution in [2.24, 2.45) is 0 Å². The predicted octanol–water partition coefficient (Wildman–Crippen LogP) is 1.22. The maximum Gasteiger partial charge on any atom is 0.306 e. The lowest BCUT2D eigenvalue weighted by Gasteiger charge is -2.12. The van der Waals surface area contributed by atoms with Gasteiger partial charge in [0.1, 0.15) is 0 Å². The lowest BCUT2D eigenvalue weighted by Crippen LogP contribution is -2.23. The smallest absolute Gasteiger partial charge is 0.306 e. The maximum absolute atomic E-state index is 11.0. The van der Waals surface area contributed by atoms with E-state index >= 15 is 0 Å². The normalized spacial score (nSPS) is 18.2. The maximum atomic E-state index is 11.0. The van der Waals surface area contributed by atoms with Crippen LogP contribution in [0.3, 0.4) is 0 Å². The Kier molecular flexibility index (Phi) is 3.51. The summed E-state index contributed by atoms with van der Waals surface area (Å²) in [6.45, 7) is 0.646. The van der Waals surface area contributed by atoms with Crippen molar-refractivity contribution in [3.05, 3.63) is 29.6 Å². The Labute approximate surface area is 95.0 Å². The van der Waals surface area contributed by atoms with Gasteiger partial charge >= 0.3 is 5.97 Å². The highest BCUT2D eigenvalue weighted by Gasteiger charge is 2.22. The van der Waals surface area contributed by atoms with Gasteiger partial charge in [-0.15, -0.1) is 0 Å². The van der Waals surface area contributed by atoms with Crippen molar-refractivity contribution in [1.29, 1.82) is 0 Å². The summed E-state index contributed by atoms with van der Waals surface area (Å²) in [5.74, 6) is -0.174. The molecule has 0 aromatic carbocycles. The van der Waals surface area contributed by atoms with Crippen LogP contribution >= 0.6 is 0 Å². The summed E-state index contributed by atoms with van der Waals surface area (Å²) in [6, 6.07) is 4.38. The second kappa shape index (κ2) is 5.07. The number of fused-ring (bicyclic) bond motifs is 1. The summed E-state index contributed by atoms with van der Waals surface area (Å²) in [5.41, 5.74) is 2.45. The van der Waals surface area contributed by atoms with Crippen LogP contribution in [0.1, 0.15) is 30.1 Å². The fourth-order valence-corrected chi connectivity index (χ4v) is 2.06. The molecule has 1 aliphatic rings. The Bertz CT molecular complexity index is 379. The number of esters is 1. The number of aromatic nitrogens is 1. The van der Waals surface area contributed by atoms with Crippen LogP contribution < -0.4 is 5.32 Å². The molecule has 0 aliphatic heterocycles. The summed E-state index contributed by atoms with van der Waals surface area (Å²) >= 11 is 0. The lowest BCUT2D eigenvalue weighted by atomic mass is 10.2. The van der Waals surface area contributed by atoms with E-state index in [9.17, 15) is 4.79 Å². The third-order valence-electron chi connectivity index (χ3n) is 2.91. The SMILES string of the molecule is COC(=O)CCNC1CCc2cccnc21. The number of hydrogen-bond donors (Lipinski definition) is 1.